The third kappa shape index (κ3) is 4.30. The van der Waals surface area contributed by atoms with Crippen LogP contribution in [0.3, 0.4) is 0 Å². The first-order chi connectivity index (χ1) is 9.97. The summed E-state index contributed by atoms with van der Waals surface area (Å²) in [7, 11) is 0. The number of nitrogens with one attached hydrogen (secondary N) is 1. The molecule has 0 atom stereocenters. The van der Waals surface area contributed by atoms with Crippen LogP contribution in [0.5, 0.6) is 0 Å². The monoisotopic (exact) mass is 352 g/mol. The summed E-state index contributed by atoms with van der Waals surface area (Å²) in [5.74, 6) is 0.652. The SMILES string of the molecule is CC(=O)NCC1CCN(c2cc(Br)ccc2C(C)=O)CC1. The summed E-state index contributed by atoms with van der Waals surface area (Å²) < 4.78 is 0.989. The van der Waals surface area contributed by atoms with E-state index in [1.54, 1.807) is 13.8 Å². The Hall–Kier alpha value is -1.36. The maximum atomic E-state index is 11.8. The van der Waals surface area contributed by atoms with Crippen LogP contribution in [0.25, 0.3) is 0 Å². The van der Waals surface area contributed by atoms with E-state index in [1.807, 2.05) is 18.2 Å². The summed E-state index contributed by atoms with van der Waals surface area (Å²) >= 11 is 3.48. The van der Waals surface area contributed by atoms with Gasteiger partial charge in [0.15, 0.2) is 5.78 Å². The van der Waals surface area contributed by atoms with Crippen LogP contribution in [0.15, 0.2) is 22.7 Å². The minimum atomic E-state index is 0.0308. The molecule has 0 radical (unpaired) electrons. The van der Waals surface area contributed by atoms with Crippen molar-refractivity contribution in [3.63, 3.8) is 0 Å². The fraction of sp³-hybridized carbons (Fsp3) is 0.500. The second-order valence-electron chi connectivity index (χ2n) is 5.59. The number of carbonyl (C=O) groups excluding carboxylic acids is 2. The lowest BCUT2D eigenvalue weighted by Gasteiger charge is -2.34. The molecule has 0 unspecified atom stereocenters. The van der Waals surface area contributed by atoms with Crippen molar-refractivity contribution < 1.29 is 9.59 Å². The summed E-state index contributed by atoms with van der Waals surface area (Å²) in [6, 6.07) is 5.81. The second kappa shape index (κ2) is 7.07. The predicted molar refractivity (Wildman–Crippen MR) is 87.8 cm³/mol. The van der Waals surface area contributed by atoms with E-state index in [0.29, 0.717) is 5.92 Å². The van der Waals surface area contributed by atoms with Crippen molar-refractivity contribution in [3.05, 3.63) is 28.2 Å². The summed E-state index contributed by atoms with van der Waals surface area (Å²) in [6.07, 6.45) is 2.06. The van der Waals surface area contributed by atoms with Crippen LogP contribution in [-0.4, -0.2) is 31.3 Å². The Morgan fingerprint density at radius 3 is 2.52 bits per heavy atom. The van der Waals surface area contributed by atoms with Gasteiger partial charge in [0.2, 0.25) is 5.91 Å². The Kier molecular flexibility index (Phi) is 5.39. The van der Waals surface area contributed by atoms with E-state index >= 15 is 0 Å². The van der Waals surface area contributed by atoms with E-state index in [9.17, 15) is 9.59 Å². The van der Waals surface area contributed by atoms with Crippen LogP contribution >= 0.6 is 15.9 Å². The van der Waals surface area contributed by atoms with Crippen molar-refractivity contribution in [3.8, 4) is 0 Å². The Morgan fingerprint density at radius 1 is 1.29 bits per heavy atom. The van der Waals surface area contributed by atoms with Crippen molar-refractivity contribution in [1.82, 2.24) is 5.32 Å². The summed E-state index contributed by atoms with van der Waals surface area (Å²) in [6.45, 7) is 5.75. The van der Waals surface area contributed by atoms with Gasteiger partial charge in [-0.25, -0.2) is 0 Å². The van der Waals surface area contributed by atoms with Crippen LogP contribution in [0.2, 0.25) is 0 Å². The summed E-state index contributed by atoms with van der Waals surface area (Å²) in [5, 5.41) is 2.89. The maximum Gasteiger partial charge on any atom is 0.216 e. The number of Topliss-reactive ketones (excluding diaryl/α,β-unsaturated/α-hetero) is 1. The smallest absolute Gasteiger partial charge is 0.216 e. The van der Waals surface area contributed by atoms with E-state index in [0.717, 1.165) is 48.2 Å². The molecule has 1 fully saturated rings. The first-order valence-corrected chi connectivity index (χ1v) is 8.06. The molecule has 0 aromatic heterocycles. The van der Waals surface area contributed by atoms with Gasteiger partial charge in [-0.3, -0.25) is 9.59 Å². The molecule has 21 heavy (non-hydrogen) atoms. The Morgan fingerprint density at radius 2 is 1.95 bits per heavy atom. The summed E-state index contributed by atoms with van der Waals surface area (Å²) in [5.41, 5.74) is 1.79. The van der Waals surface area contributed by atoms with Gasteiger partial charge in [-0.05, 0) is 43.9 Å². The van der Waals surface area contributed by atoms with E-state index in [-0.39, 0.29) is 11.7 Å². The number of piperidine rings is 1. The molecule has 1 N–H and O–H groups in total. The van der Waals surface area contributed by atoms with Crippen LogP contribution in [-0.2, 0) is 4.79 Å². The minimum Gasteiger partial charge on any atom is -0.371 e. The number of hydrogen-bond acceptors (Lipinski definition) is 3. The molecular weight excluding hydrogens is 332 g/mol. The molecule has 0 bridgehead atoms. The standard InChI is InChI=1S/C16H21BrN2O2/c1-11(20)15-4-3-14(17)9-16(15)19-7-5-13(6-8-19)10-18-12(2)21/h3-4,9,13H,5-8,10H2,1-2H3,(H,18,21). The molecule has 1 aliphatic heterocycles. The van der Waals surface area contributed by atoms with Gasteiger partial charge >= 0.3 is 0 Å². The Balaban J connectivity index is 2.03. The van der Waals surface area contributed by atoms with Gasteiger partial charge in [0.05, 0.1) is 0 Å². The third-order valence-corrected chi connectivity index (χ3v) is 4.43. The van der Waals surface area contributed by atoms with Gasteiger partial charge in [0.25, 0.3) is 0 Å². The molecular formula is C16H21BrN2O2. The first kappa shape index (κ1) is 16.0. The Labute approximate surface area is 134 Å². The zero-order chi connectivity index (χ0) is 15.4. The highest BCUT2D eigenvalue weighted by Crippen LogP contribution is 2.29. The lowest BCUT2D eigenvalue weighted by atomic mass is 9.95. The van der Waals surface area contributed by atoms with Gasteiger partial charge in [0, 0.05) is 42.3 Å². The van der Waals surface area contributed by atoms with Crippen molar-refractivity contribution in [2.24, 2.45) is 5.92 Å². The van der Waals surface area contributed by atoms with Crippen LogP contribution < -0.4 is 10.2 Å². The average Bonchev–Trinajstić information content (AvgIpc) is 2.45. The maximum absolute atomic E-state index is 11.8. The van der Waals surface area contributed by atoms with Gasteiger partial charge in [-0.2, -0.15) is 0 Å². The van der Waals surface area contributed by atoms with Crippen LogP contribution in [0, 0.1) is 5.92 Å². The molecule has 1 aromatic carbocycles. The Bertz CT molecular complexity index is 537. The van der Waals surface area contributed by atoms with Crippen LogP contribution in [0.1, 0.15) is 37.0 Å². The second-order valence-corrected chi connectivity index (χ2v) is 6.50. The predicted octanol–water partition coefficient (Wildman–Crippen LogP) is 3.00. The third-order valence-electron chi connectivity index (χ3n) is 3.93. The first-order valence-electron chi connectivity index (χ1n) is 7.27. The fourth-order valence-electron chi connectivity index (χ4n) is 2.73. The number of amides is 1. The van der Waals surface area contributed by atoms with E-state index in [4.69, 9.17) is 0 Å². The molecule has 1 heterocycles. The molecule has 0 aliphatic carbocycles. The molecule has 0 saturated carbocycles. The zero-order valence-corrected chi connectivity index (χ0v) is 14.1. The summed E-state index contributed by atoms with van der Waals surface area (Å²) in [4.78, 5) is 25.0. The molecule has 1 amide bonds. The number of ketones is 1. The number of carbonyl (C=O) groups is 2. The number of anilines is 1. The number of rotatable bonds is 4. The largest absolute Gasteiger partial charge is 0.371 e. The van der Waals surface area contributed by atoms with Crippen molar-refractivity contribution >= 4 is 33.3 Å². The quantitative estimate of drug-likeness (QED) is 0.847. The lowest BCUT2D eigenvalue weighted by Crippen LogP contribution is -2.38. The number of benzene rings is 1. The molecule has 5 heteroatoms. The molecule has 2 rings (SSSR count). The van der Waals surface area contributed by atoms with Crippen molar-refractivity contribution in [2.75, 3.05) is 24.5 Å². The highest BCUT2D eigenvalue weighted by Gasteiger charge is 2.22. The van der Waals surface area contributed by atoms with Crippen molar-refractivity contribution in [1.29, 1.82) is 0 Å². The van der Waals surface area contributed by atoms with Crippen LogP contribution in [0.4, 0.5) is 5.69 Å². The normalized spacial score (nSPS) is 15.9. The highest BCUT2D eigenvalue weighted by molar-refractivity contribution is 9.10. The molecule has 1 aromatic rings. The van der Waals surface area contributed by atoms with E-state index in [2.05, 4.69) is 26.1 Å². The van der Waals surface area contributed by atoms with E-state index in [1.165, 1.54) is 0 Å². The van der Waals surface area contributed by atoms with Gasteiger partial charge in [-0.1, -0.05) is 15.9 Å². The number of hydrogen-bond donors (Lipinski definition) is 1. The molecule has 4 nitrogen and oxygen atoms in total. The highest BCUT2D eigenvalue weighted by atomic mass is 79.9. The van der Waals surface area contributed by atoms with E-state index < -0.39 is 0 Å². The number of halogens is 1. The minimum absolute atomic E-state index is 0.0308. The zero-order valence-electron chi connectivity index (χ0n) is 12.5. The average molecular weight is 353 g/mol. The topological polar surface area (TPSA) is 49.4 Å². The van der Waals surface area contributed by atoms with Gasteiger partial charge in [-0.15, -0.1) is 0 Å². The molecule has 1 saturated heterocycles. The van der Waals surface area contributed by atoms with Gasteiger partial charge in [0.1, 0.15) is 0 Å². The van der Waals surface area contributed by atoms with Crippen molar-refractivity contribution in [2.45, 2.75) is 26.7 Å². The molecule has 0 spiro atoms. The fourth-order valence-corrected chi connectivity index (χ4v) is 3.08. The molecule has 114 valence electrons. The lowest BCUT2D eigenvalue weighted by molar-refractivity contribution is -0.119. The van der Waals surface area contributed by atoms with Gasteiger partial charge < -0.3 is 10.2 Å². The molecule has 1 aliphatic rings. The number of nitrogens with zero attached hydrogens (tertiary/aromatic N) is 1.